The number of para-hydroxylation sites is 1. The Labute approximate surface area is 168 Å². The van der Waals surface area contributed by atoms with Crippen LogP contribution >= 0.6 is 15.9 Å². The molecule has 1 aromatic heterocycles. The number of aromatic nitrogens is 2. The van der Waals surface area contributed by atoms with Crippen LogP contribution < -0.4 is 16.4 Å². The molecule has 2 aromatic carbocycles. The van der Waals surface area contributed by atoms with Crippen LogP contribution in [0, 0.1) is 0 Å². The topological polar surface area (TPSA) is 93.2 Å². The van der Waals surface area contributed by atoms with E-state index in [9.17, 15) is 14.4 Å². The number of nitrogens with zero attached hydrogens (tertiary/aromatic N) is 1. The summed E-state index contributed by atoms with van der Waals surface area (Å²) in [4.78, 5) is 40.5. The number of methoxy groups -OCH3 is 1. The molecule has 8 heteroatoms. The largest absolute Gasteiger partial charge is 0.369 e. The van der Waals surface area contributed by atoms with E-state index in [1.54, 1.807) is 18.2 Å². The van der Waals surface area contributed by atoms with Gasteiger partial charge in [-0.25, -0.2) is 0 Å². The van der Waals surface area contributed by atoms with Crippen LogP contribution in [0.3, 0.4) is 0 Å². The normalized spacial score (nSPS) is 16.7. The Kier molecular flexibility index (Phi) is 4.91. The van der Waals surface area contributed by atoms with E-state index < -0.39 is 23.3 Å². The Bertz CT molecular complexity index is 1170. The van der Waals surface area contributed by atoms with Crippen molar-refractivity contribution < 1.29 is 9.53 Å². The quantitative estimate of drug-likeness (QED) is 0.606. The van der Waals surface area contributed by atoms with E-state index in [1.807, 2.05) is 24.3 Å². The van der Waals surface area contributed by atoms with Crippen molar-refractivity contribution in [2.45, 2.75) is 25.0 Å². The maximum atomic E-state index is 12.9. The Morgan fingerprint density at radius 3 is 2.75 bits per heavy atom. The first kappa shape index (κ1) is 18.6. The summed E-state index contributed by atoms with van der Waals surface area (Å²) in [5.74, 6) is -0.361. The lowest BCUT2D eigenvalue weighted by Crippen LogP contribution is -2.47. The van der Waals surface area contributed by atoms with Gasteiger partial charge in [0.25, 0.3) is 5.91 Å². The van der Waals surface area contributed by atoms with Crippen molar-refractivity contribution in [3.8, 4) is 0 Å². The second-order valence-electron chi connectivity index (χ2n) is 6.71. The molecule has 0 saturated heterocycles. The van der Waals surface area contributed by atoms with E-state index in [1.165, 1.54) is 11.7 Å². The van der Waals surface area contributed by atoms with Crippen LogP contribution in [-0.4, -0.2) is 28.7 Å². The molecule has 0 radical (unpaired) electrons. The average molecular weight is 444 g/mol. The molecule has 1 aliphatic heterocycles. The zero-order valence-electron chi connectivity index (χ0n) is 15.1. The number of aromatic amines is 1. The number of halogens is 1. The molecule has 28 heavy (non-hydrogen) atoms. The standard InChI is InChI=1S/C20H18BrN3O4/c1-28-17(18(25)22-13-5-3-2-4-6-13)15-8-7-11-9-12(21)10-14-16(11)24(15)20(27)19(26)23-14/h2-6,9-10,15,17H,7-8H2,1H3,(H,22,25)(H,23,26). The Morgan fingerprint density at radius 1 is 1.29 bits per heavy atom. The highest BCUT2D eigenvalue weighted by molar-refractivity contribution is 9.10. The minimum absolute atomic E-state index is 0.361. The maximum absolute atomic E-state index is 12.9. The third-order valence-electron chi connectivity index (χ3n) is 5.00. The zero-order chi connectivity index (χ0) is 19.8. The molecule has 2 N–H and O–H groups in total. The second-order valence-corrected chi connectivity index (χ2v) is 7.62. The smallest absolute Gasteiger partial charge is 0.317 e. The minimum Gasteiger partial charge on any atom is -0.369 e. The lowest BCUT2D eigenvalue weighted by atomic mass is 9.94. The van der Waals surface area contributed by atoms with E-state index in [-0.39, 0.29) is 5.91 Å². The van der Waals surface area contributed by atoms with Gasteiger partial charge in [0.1, 0.15) is 0 Å². The van der Waals surface area contributed by atoms with Gasteiger partial charge in [0.15, 0.2) is 6.10 Å². The Morgan fingerprint density at radius 2 is 2.04 bits per heavy atom. The maximum Gasteiger partial charge on any atom is 0.317 e. The van der Waals surface area contributed by atoms with Crippen LogP contribution in [0.5, 0.6) is 0 Å². The molecule has 2 heterocycles. The van der Waals surface area contributed by atoms with Gasteiger partial charge in [-0.05, 0) is 42.7 Å². The first-order chi connectivity index (χ1) is 13.5. The third kappa shape index (κ3) is 3.18. The highest BCUT2D eigenvalue weighted by Crippen LogP contribution is 2.33. The fraction of sp³-hybridized carbons (Fsp3) is 0.250. The molecule has 3 aromatic rings. The number of aryl methyl sites for hydroxylation is 1. The lowest BCUT2D eigenvalue weighted by molar-refractivity contribution is -0.128. The number of hydrogen-bond donors (Lipinski definition) is 2. The monoisotopic (exact) mass is 443 g/mol. The first-order valence-electron chi connectivity index (χ1n) is 8.85. The third-order valence-corrected chi connectivity index (χ3v) is 5.46. The predicted molar refractivity (Wildman–Crippen MR) is 110 cm³/mol. The molecular weight excluding hydrogens is 426 g/mol. The van der Waals surface area contributed by atoms with Crippen molar-refractivity contribution in [2.24, 2.45) is 0 Å². The summed E-state index contributed by atoms with van der Waals surface area (Å²) in [5, 5.41) is 2.82. The molecule has 0 aliphatic carbocycles. The summed E-state index contributed by atoms with van der Waals surface area (Å²) in [6.07, 6.45) is 0.243. The molecule has 0 spiro atoms. The SMILES string of the molecule is COC(C(=O)Nc1ccccc1)C1CCc2cc(Br)cc3[nH]c(=O)c(=O)n1c23. The summed E-state index contributed by atoms with van der Waals surface area (Å²) in [7, 11) is 1.43. The van der Waals surface area contributed by atoms with E-state index in [4.69, 9.17) is 4.74 Å². The molecule has 2 atom stereocenters. The van der Waals surface area contributed by atoms with E-state index >= 15 is 0 Å². The van der Waals surface area contributed by atoms with Crippen LogP contribution in [0.4, 0.5) is 5.69 Å². The van der Waals surface area contributed by atoms with Crippen molar-refractivity contribution in [3.63, 3.8) is 0 Å². The van der Waals surface area contributed by atoms with Crippen LogP contribution in [0.2, 0.25) is 0 Å². The Hall–Kier alpha value is -2.71. The van der Waals surface area contributed by atoms with Crippen molar-refractivity contribution in [1.82, 2.24) is 9.55 Å². The van der Waals surface area contributed by atoms with Crippen molar-refractivity contribution in [2.75, 3.05) is 12.4 Å². The summed E-state index contributed by atoms with van der Waals surface area (Å²) >= 11 is 3.44. The molecule has 144 valence electrons. The van der Waals surface area contributed by atoms with Gasteiger partial charge in [0.2, 0.25) is 0 Å². The van der Waals surface area contributed by atoms with Crippen LogP contribution in [0.25, 0.3) is 11.0 Å². The lowest BCUT2D eigenvalue weighted by Gasteiger charge is -2.32. The molecule has 7 nitrogen and oxygen atoms in total. The van der Waals surface area contributed by atoms with E-state index in [0.29, 0.717) is 29.6 Å². The predicted octanol–water partition coefficient (Wildman–Crippen LogP) is 2.59. The summed E-state index contributed by atoms with van der Waals surface area (Å²) in [5.41, 5.74) is 1.36. The molecule has 4 rings (SSSR count). The first-order valence-corrected chi connectivity index (χ1v) is 9.64. The zero-order valence-corrected chi connectivity index (χ0v) is 16.7. The number of nitrogens with one attached hydrogen (secondary N) is 2. The fourth-order valence-electron chi connectivity index (χ4n) is 3.82. The van der Waals surface area contributed by atoms with Gasteiger partial charge in [-0.1, -0.05) is 34.1 Å². The van der Waals surface area contributed by atoms with Gasteiger partial charge in [0.05, 0.1) is 17.1 Å². The Balaban J connectivity index is 1.81. The summed E-state index contributed by atoms with van der Waals surface area (Å²) < 4.78 is 7.73. The number of H-pyrrole nitrogens is 1. The van der Waals surface area contributed by atoms with E-state index in [2.05, 4.69) is 26.2 Å². The average Bonchev–Trinajstić information content (AvgIpc) is 2.67. The van der Waals surface area contributed by atoms with Gasteiger partial charge in [-0.15, -0.1) is 0 Å². The van der Waals surface area contributed by atoms with Crippen molar-refractivity contribution >= 4 is 38.6 Å². The molecule has 0 bridgehead atoms. The van der Waals surface area contributed by atoms with Crippen molar-refractivity contribution in [3.05, 3.63) is 73.2 Å². The fourth-order valence-corrected chi connectivity index (χ4v) is 4.33. The van der Waals surface area contributed by atoms with Crippen LogP contribution in [-0.2, 0) is 16.0 Å². The number of amides is 1. The van der Waals surface area contributed by atoms with Crippen LogP contribution in [0.15, 0.2) is 56.5 Å². The number of carbonyl (C=O) groups is 1. The van der Waals surface area contributed by atoms with Gasteiger partial charge < -0.3 is 15.0 Å². The van der Waals surface area contributed by atoms with Gasteiger partial charge in [-0.2, -0.15) is 0 Å². The molecule has 1 aliphatic rings. The number of benzene rings is 2. The molecule has 1 amide bonds. The number of rotatable bonds is 4. The molecule has 0 saturated carbocycles. The van der Waals surface area contributed by atoms with Crippen LogP contribution in [0.1, 0.15) is 18.0 Å². The number of carbonyl (C=O) groups excluding carboxylic acids is 1. The molecule has 2 unspecified atom stereocenters. The van der Waals surface area contributed by atoms with Gasteiger partial charge >= 0.3 is 11.1 Å². The molecule has 0 fully saturated rings. The highest BCUT2D eigenvalue weighted by Gasteiger charge is 2.35. The van der Waals surface area contributed by atoms with Gasteiger partial charge in [-0.3, -0.25) is 19.0 Å². The van der Waals surface area contributed by atoms with Crippen molar-refractivity contribution in [1.29, 1.82) is 0 Å². The number of ether oxygens (including phenoxy) is 1. The molecular formula is C20H18BrN3O4. The summed E-state index contributed by atoms with van der Waals surface area (Å²) in [6, 6.07) is 12.1. The minimum atomic E-state index is -0.917. The van der Waals surface area contributed by atoms with E-state index in [0.717, 1.165) is 10.0 Å². The number of hydrogen-bond acceptors (Lipinski definition) is 4. The highest BCUT2D eigenvalue weighted by atomic mass is 79.9. The second kappa shape index (κ2) is 7.37. The van der Waals surface area contributed by atoms with Gasteiger partial charge in [0, 0.05) is 17.3 Å². The summed E-state index contributed by atoms with van der Waals surface area (Å²) in [6.45, 7) is 0. The number of anilines is 1.